The summed E-state index contributed by atoms with van der Waals surface area (Å²) in [7, 11) is 0. The molecular weight excluding hydrogens is 333 g/mol. The zero-order chi connectivity index (χ0) is 12.4. The van der Waals surface area contributed by atoms with Crippen LogP contribution in [0.15, 0.2) is 24.3 Å². The van der Waals surface area contributed by atoms with Gasteiger partial charge in [0.1, 0.15) is 0 Å². The average molecular weight is 355 g/mol. The van der Waals surface area contributed by atoms with Gasteiger partial charge >= 0.3 is 0 Å². The summed E-state index contributed by atoms with van der Waals surface area (Å²) >= 11 is 2.38. The predicted octanol–water partition coefficient (Wildman–Crippen LogP) is 4.30. The van der Waals surface area contributed by atoms with Crippen LogP contribution in [0.2, 0.25) is 0 Å². The van der Waals surface area contributed by atoms with E-state index in [1.165, 1.54) is 54.3 Å². The number of hydrogen-bond donors (Lipinski definition) is 0. The Morgan fingerprint density at radius 2 is 1.72 bits per heavy atom. The van der Waals surface area contributed by atoms with Gasteiger partial charge in [-0.3, -0.25) is 4.90 Å². The Labute approximate surface area is 124 Å². The maximum atomic E-state index is 2.68. The molecule has 3 rings (SSSR count). The first kappa shape index (κ1) is 12.9. The number of hydrogen-bond acceptors (Lipinski definition) is 1. The van der Waals surface area contributed by atoms with Gasteiger partial charge in [0.05, 0.1) is 0 Å². The smallest absolute Gasteiger partial charge is 0.0233 e. The van der Waals surface area contributed by atoms with Crippen LogP contribution in [0.1, 0.15) is 37.7 Å². The highest BCUT2D eigenvalue weighted by Crippen LogP contribution is 2.36. The summed E-state index contributed by atoms with van der Waals surface area (Å²) in [6.07, 6.45) is 7.38. The SMILES string of the molecule is Ic1ccc(CN2CCC3CCCCC3C2)cc1. The molecule has 0 N–H and O–H groups in total. The standard InChI is InChI=1S/C16H22IN/c17-16-7-5-13(6-8-16)11-18-10-9-14-3-1-2-4-15(14)12-18/h5-8,14-15H,1-4,9-12H2. The molecule has 2 heteroatoms. The first-order valence-corrected chi connectivity index (χ1v) is 8.36. The van der Waals surface area contributed by atoms with E-state index >= 15 is 0 Å². The molecule has 1 saturated heterocycles. The molecule has 1 aromatic rings. The minimum absolute atomic E-state index is 0.997. The van der Waals surface area contributed by atoms with Crippen molar-refractivity contribution >= 4 is 22.6 Å². The van der Waals surface area contributed by atoms with Crippen LogP contribution in [0.25, 0.3) is 0 Å². The number of rotatable bonds is 2. The topological polar surface area (TPSA) is 3.24 Å². The predicted molar refractivity (Wildman–Crippen MR) is 84.5 cm³/mol. The maximum absolute atomic E-state index is 2.68. The van der Waals surface area contributed by atoms with Crippen molar-refractivity contribution < 1.29 is 0 Å². The molecule has 1 heterocycles. The molecule has 1 nitrogen and oxygen atoms in total. The highest BCUT2D eigenvalue weighted by atomic mass is 127. The molecule has 2 atom stereocenters. The fourth-order valence-electron chi connectivity index (χ4n) is 3.67. The van der Waals surface area contributed by atoms with Gasteiger partial charge in [0.25, 0.3) is 0 Å². The quantitative estimate of drug-likeness (QED) is 0.715. The summed E-state index contributed by atoms with van der Waals surface area (Å²) in [5.41, 5.74) is 1.48. The van der Waals surface area contributed by atoms with E-state index in [1.807, 2.05) is 0 Å². The fraction of sp³-hybridized carbons (Fsp3) is 0.625. The molecule has 0 amide bonds. The molecule has 1 saturated carbocycles. The molecule has 0 bridgehead atoms. The molecule has 1 aliphatic carbocycles. The highest BCUT2D eigenvalue weighted by molar-refractivity contribution is 14.1. The molecule has 0 radical (unpaired) electrons. The number of nitrogens with zero attached hydrogens (tertiary/aromatic N) is 1. The van der Waals surface area contributed by atoms with Crippen molar-refractivity contribution in [3.63, 3.8) is 0 Å². The molecule has 2 fully saturated rings. The monoisotopic (exact) mass is 355 g/mol. The Morgan fingerprint density at radius 3 is 2.50 bits per heavy atom. The van der Waals surface area contributed by atoms with Crippen LogP contribution in [-0.4, -0.2) is 18.0 Å². The van der Waals surface area contributed by atoms with Crippen LogP contribution in [0.3, 0.4) is 0 Å². The van der Waals surface area contributed by atoms with Crippen molar-refractivity contribution in [3.8, 4) is 0 Å². The van der Waals surface area contributed by atoms with Crippen molar-refractivity contribution in [3.05, 3.63) is 33.4 Å². The summed E-state index contributed by atoms with van der Waals surface area (Å²) in [6, 6.07) is 9.02. The van der Waals surface area contributed by atoms with Crippen LogP contribution >= 0.6 is 22.6 Å². The van der Waals surface area contributed by atoms with E-state index < -0.39 is 0 Å². The van der Waals surface area contributed by atoms with Crippen LogP contribution in [0.5, 0.6) is 0 Å². The molecule has 2 unspecified atom stereocenters. The van der Waals surface area contributed by atoms with Crippen molar-refractivity contribution in [2.45, 2.75) is 38.6 Å². The van der Waals surface area contributed by atoms with Crippen LogP contribution in [-0.2, 0) is 6.54 Å². The zero-order valence-electron chi connectivity index (χ0n) is 10.9. The Hall–Kier alpha value is -0.0900. The third-order valence-corrected chi connectivity index (χ3v) is 5.41. The minimum atomic E-state index is 0.997. The second-order valence-corrected chi connectivity index (χ2v) is 7.20. The largest absolute Gasteiger partial charge is 0.299 e. The lowest BCUT2D eigenvalue weighted by atomic mass is 9.75. The zero-order valence-corrected chi connectivity index (χ0v) is 13.1. The van der Waals surface area contributed by atoms with Gasteiger partial charge in [-0.15, -0.1) is 0 Å². The lowest BCUT2D eigenvalue weighted by molar-refractivity contribution is 0.0820. The van der Waals surface area contributed by atoms with E-state index in [0.717, 1.165) is 18.4 Å². The van der Waals surface area contributed by atoms with Gasteiger partial charge < -0.3 is 0 Å². The Kier molecular flexibility index (Phi) is 4.24. The maximum Gasteiger partial charge on any atom is 0.0233 e. The lowest BCUT2D eigenvalue weighted by Crippen LogP contribution is -2.41. The normalized spacial score (nSPS) is 28.9. The van der Waals surface area contributed by atoms with Gasteiger partial charge in [-0.05, 0) is 71.5 Å². The van der Waals surface area contributed by atoms with E-state index in [4.69, 9.17) is 0 Å². The van der Waals surface area contributed by atoms with Gasteiger partial charge in [-0.2, -0.15) is 0 Å². The summed E-state index contributed by atoms with van der Waals surface area (Å²) in [5.74, 6) is 2.04. The average Bonchev–Trinajstić information content (AvgIpc) is 2.41. The number of likely N-dealkylation sites (tertiary alicyclic amines) is 1. The van der Waals surface area contributed by atoms with Crippen LogP contribution in [0, 0.1) is 15.4 Å². The van der Waals surface area contributed by atoms with Crippen LogP contribution < -0.4 is 0 Å². The lowest BCUT2D eigenvalue weighted by Gasteiger charge is -2.41. The third kappa shape index (κ3) is 3.08. The Bertz CT molecular complexity index is 387. The van der Waals surface area contributed by atoms with E-state index in [2.05, 4.69) is 51.8 Å². The van der Waals surface area contributed by atoms with Crippen LogP contribution in [0.4, 0.5) is 0 Å². The first-order valence-electron chi connectivity index (χ1n) is 7.28. The van der Waals surface area contributed by atoms with Crippen molar-refractivity contribution in [1.29, 1.82) is 0 Å². The van der Waals surface area contributed by atoms with E-state index in [-0.39, 0.29) is 0 Å². The fourth-order valence-corrected chi connectivity index (χ4v) is 4.03. The van der Waals surface area contributed by atoms with Crippen molar-refractivity contribution in [1.82, 2.24) is 4.90 Å². The second kappa shape index (κ2) is 5.91. The minimum Gasteiger partial charge on any atom is -0.299 e. The van der Waals surface area contributed by atoms with Gasteiger partial charge in [0, 0.05) is 16.7 Å². The molecule has 0 aromatic heterocycles. The van der Waals surface area contributed by atoms with E-state index in [0.29, 0.717) is 0 Å². The molecule has 1 aromatic carbocycles. The highest BCUT2D eigenvalue weighted by Gasteiger charge is 2.30. The number of fused-ring (bicyclic) bond motifs is 1. The van der Waals surface area contributed by atoms with Gasteiger partial charge in [-0.1, -0.05) is 31.4 Å². The first-order chi connectivity index (χ1) is 8.81. The summed E-state index contributed by atoms with van der Waals surface area (Å²) in [5, 5.41) is 0. The molecule has 2 aliphatic rings. The van der Waals surface area contributed by atoms with E-state index in [9.17, 15) is 0 Å². The molecule has 0 spiro atoms. The van der Waals surface area contributed by atoms with Gasteiger partial charge in [0.2, 0.25) is 0 Å². The molecule has 18 heavy (non-hydrogen) atoms. The number of benzene rings is 1. The summed E-state index contributed by atoms with van der Waals surface area (Å²) < 4.78 is 1.34. The van der Waals surface area contributed by atoms with Crippen molar-refractivity contribution in [2.75, 3.05) is 13.1 Å². The van der Waals surface area contributed by atoms with E-state index in [1.54, 1.807) is 0 Å². The Balaban J connectivity index is 1.59. The molecular formula is C16H22IN. The van der Waals surface area contributed by atoms with Crippen molar-refractivity contribution in [2.24, 2.45) is 11.8 Å². The molecule has 1 aliphatic heterocycles. The third-order valence-electron chi connectivity index (χ3n) is 4.69. The summed E-state index contributed by atoms with van der Waals surface area (Å²) in [6.45, 7) is 3.81. The van der Waals surface area contributed by atoms with Gasteiger partial charge in [0.15, 0.2) is 0 Å². The summed E-state index contributed by atoms with van der Waals surface area (Å²) in [4.78, 5) is 2.68. The Morgan fingerprint density at radius 1 is 1.00 bits per heavy atom. The molecule has 98 valence electrons. The second-order valence-electron chi connectivity index (χ2n) is 5.95. The number of halogens is 1. The number of piperidine rings is 1. The van der Waals surface area contributed by atoms with Gasteiger partial charge in [-0.25, -0.2) is 0 Å².